The number of aliphatic carboxylic acids is 1. The van der Waals surface area contributed by atoms with E-state index in [2.05, 4.69) is 50.0 Å². The molecule has 1 aromatic heterocycles. The van der Waals surface area contributed by atoms with Crippen LogP contribution in [0.1, 0.15) is 17.0 Å². The van der Waals surface area contributed by atoms with E-state index in [0.29, 0.717) is 17.0 Å². The number of methoxy groups -OCH3 is 1. The summed E-state index contributed by atoms with van der Waals surface area (Å²) < 4.78 is 37.1. The van der Waals surface area contributed by atoms with Crippen LogP contribution in [0.3, 0.4) is 0 Å². The Bertz CT molecular complexity index is 1750. The van der Waals surface area contributed by atoms with Crippen LogP contribution in [0.15, 0.2) is 60.7 Å². The highest BCUT2D eigenvalue weighted by Gasteiger charge is 2.74. The Morgan fingerprint density at radius 2 is 1.74 bits per heavy atom. The number of aromatic amines is 1. The van der Waals surface area contributed by atoms with Gasteiger partial charge in [0.15, 0.2) is 5.78 Å². The van der Waals surface area contributed by atoms with E-state index in [9.17, 15) is 22.8 Å². The molecule has 43 heavy (non-hydrogen) atoms. The number of ether oxygens (including phenoxy) is 1. The number of rotatable bonds is 4. The second kappa shape index (κ2) is 10.4. The number of nitrogens with one attached hydrogen (secondary N) is 3. The number of hydrogen-bond donors (Lipinski definition) is 4. The van der Waals surface area contributed by atoms with Crippen molar-refractivity contribution in [2.24, 2.45) is 0 Å². The summed E-state index contributed by atoms with van der Waals surface area (Å²) in [6.45, 7) is 4.01. The zero-order valence-electron chi connectivity index (χ0n) is 22.8. The molecule has 1 saturated heterocycles. The molecule has 2 atom stereocenters. The van der Waals surface area contributed by atoms with Gasteiger partial charge in [-0.1, -0.05) is 24.3 Å². The van der Waals surface area contributed by atoms with E-state index in [4.69, 9.17) is 14.6 Å². The number of hydrogen-bond acceptors (Lipinski definition) is 7. The topological polar surface area (TPSA) is 137 Å². The fourth-order valence-corrected chi connectivity index (χ4v) is 5.86. The van der Waals surface area contributed by atoms with E-state index in [0.717, 1.165) is 53.9 Å². The SMILES string of the molecule is COc1ccc2c(c1)[C@@]1(C(=O)N2)C(=O)[C@H]1c1ccc2c(-c3ccc(N4CCNCC4)cc3)n[nH]c2c1.O=C(O)C(F)(F)F. The van der Waals surface area contributed by atoms with E-state index < -0.39 is 23.5 Å². The second-order valence-electron chi connectivity index (χ2n) is 10.4. The highest BCUT2D eigenvalue weighted by molar-refractivity contribution is 6.35. The van der Waals surface area contributed by atoms with Crippen LogP contribution in [0.2, 0.25) is 0 Å². The molecule has 3 aliphatic rings. The smallest absolute Gasteiger partial charge is 0.490 e. The summed E-state index contributed by atoms with van der Waals surface area (Å²) in [5, 5.41) is 22.1. The van der Waals surface area contributed by atoms with Gasteiger partial charge in [-0.3, -0.25) is 14.7 Å². The van der Waals surface area contributed by atoms with Crippen LogP contribution in [-0.2, 0) is 19.8 Å². The number of carboxylic acids is 1. The molecule has 3 aromatic carbocycles. The number of fused-ring (bicyclic) bond motifs is 3. The molecule has 13 heteroatoms. The van der Waals surface area contributed by atoms with Crippen molar-refractivity contribution in [3.8, 4) is 17.0 Å². The molecule has 7 rings (SSSR count). The van der Waals surface area contributed by atoms with E-state index in [-0.39, 0.29) is 11.7 Å². The van der Waals surface area contributed by atoms with Crippen LogP contribution < -0.4 is 20.3 Å². The zero-order valence-corrected chi connectivity index (χ0v) is 22.8. The largest absolute Gasteiger partial charge is 0.497 e. The predicted octanol–water partition coefficient (Wildman–Crippen LogP) is 3.84. The molecule has 4 aromatic rings. The first-order valence-electron chi connectivity index (χ1n) is 13.4. The Balaban J connectivity index is 0.000000423. The fraction of sp³-hybridized carbons (Fsp3) is 0.267. The molecule has 1 amide bonds. The van der Waals surface area contributed by atoms with Gasteiger partial charge in [0.05, 0.1) is 24.2 Å². The maximum atomic E-state index is 13.2. The molecule has 0 unspecified atom stereocenters. The average molecular weight is 594 g/mol. The number of Topliss-reactive ketones (excluding diaryl/α,β-unsaturated/α-hetero) is 1. The number of carboxylic acid groups (broad SMARTS) is 1. The molecule has 1 spiro atoms. The molecular weight excluding hydrogens is 567 g/mol. The van der Waals surface area contributed by atoms with Crippen LogP contribution in [0.4, 0.5) is 24.5 Å². The first-order chi connectivity index (χ1) is 20.5. The number of amides is 1. The van der Waals surface area contributed by atoms with Crippen molar-refractivity contribution in [3.63, 3.8) is 0 Å². The summed E-state index contributed by atoms with van der Waals surface area (Å²) in [5.41, 5.74) is 4.95. The molecular formula is C30H26F3N5O5. The van der Waals surface area contributed by atoms with E-state index in [1.165, 1.54) is 5.69 Å². The van der Waals surface area contributed by atoms with Crippen molar-refractivity contribution < 1.29 is 37.4 Å². The average Bonchev–Trinajstić information content (AvgIpc) is 3.27. The van der Waals surface area contributed by atoms with Crippen molar-refractivity contribution in [1.29, 1.82) is 0 Å². The van der Waals surface area contributed by atoms with Crippen LogP contribution in [0.25, 0.3) is 22.2 Å². The normalized spacial score (nSPS) is 20.8. The highest BCUT2D eigenvalue weighted by atomic mass is 19.4. The number of aromatic nitrogens is 2. The molecule has 4 N–H and O–H groups in total. The summed E-state index contributed by atoms with van der Waals surface area (Å²) in [7, 11) is 1.58. The van der Waals surface area contributed by atoms with Gasteiger partial charge in [0.1, 0.15) is 11.2 Å². The molecule has 0 radical (unpaired) electrons. The summed E-state index contributed by atoms with van der Waals surface area (Å²) in [4.78, 5) is 37.5. The van der Waals surface area contributed by atoms with Gasteiger partial charge in [-0.15, -0.1) is 0 Å². The number of piperazine rings is 1. The minimum absolute atomic E-state index is 0.0883. The maximum Gasteiger partial charge on any atom is 0.490 e. The summed E-state index contributed by atoms with van der Waals surface area (Å²) in [5.74, 6) is -3.02. The lowest BCUT2D eigenvalue weighted by Gasteiger charge is -2.29. The van der Waals surface area contributed by atoms with Crippen molar-refractivity contribution >= 4 is 39.9 Å². The lowest BCUT2D eigenvalue weighted by molar-refractivity contribution is -0.192. The quantitative estimate of drug-likeness (QED) is 0.262. The molecule has 2 fully saturated rings. The molecule has 3 heterocycles. The molecule has 10 nitrogen and oxygen atoms in total. The van der Waals surface area contributed by atoms with Gasteiger partial charge in [-0.2, -0.15) is 18.3 Å². The molecule has 1 saturated carbocycles. The number of H-pyrrole nitrogens is 1. The number of ketones is 1. The van der Waals surface area contributed by atoms with E-state index in [1.807, 2.05) is 18.2 Å². The van der Waals surface area contributed by atoms with Crippen molar-refractivity contribution in [3.05, 3.63) is 71.8 Å². The summed E-state index contributed by atoms with van der Waals surface area (Å²) in [6, 6.07) is 19.8. The van der Waals surface area contributed by atoms with Gasteiger partial charge < -0.3 is 25.4 Å². The van der Waals surface area contributed by atoms with Gasteiger partial charge in [-0.25, -0.2) is 4.79 Å². The number of nitrogens with zero attached hydrogens (tertiary/aromatic N) is 2. The third-order valence-electron chi connectivity index (χ3n) is 8.04. The minimum Gasteiger partial charge on any atom is -0.497 e. The standard InChI is InChI=1S/C28H25N5O3.C2HF3O2/c1-36-19-7-9-22-21(15-19)28(27(35)30-22)24(26(28)34)17-4-8-20-23(14-17)31-32-25(20)16-2-5-18(6-3-16)33-12-10-29-11-13-33;3-2(4,5)1(6)7/h2-9,14-15,24,29H,10-13H2,1H3,(H,30,35)(H,31,32);(H,6,7)/t24-,28+;/m1./s1. The maximum absolute atomic E-state index is 13.2. The van der Waals surface area contributed by atoms with Crippen LogP contribution in [-0.4, -0.2) is 72.4 Å². The molecule has 222 valence electrons. The number of halogens is 3. The predicted molar refractivity (Wildman–Crippen MR) is 151 cm³/mol. The van der Waals surface area contributed by atoms with Crippen molar-refractivity contribution in [1.82, 2.24) is 15.5 Å². The van der Waals surface area contributed by atoms with Crippen LogP contribution in [0, 0.1) is 0 Å². The summed E-state index contributed by atoms with van der Waals surface area (Å²) in [6.07, 6.45) is -5.08. The van der Waals surface area contributed by atoms with Gasteiger partial charge in [0, 0.05) is 54.1 Å². The van der Waals surface area contributed by atoms with Gasteiger partial charge in [0.2, 0.25) is 5.91 Å². The number of alkyl halides is 3. The number of benzene rings is 3. The lowest BCUT2D eigenvalue weighted by Crippen LogP contribution is -2.43. The fourth-order valence-electron chi connectivity index (χ4n) is 5.86. The third-order valence-corrected chi connectivity index (χ3v) is 8.04. The molecule has 2 aliphatic heterocycles. The Kier molecular flexibility index (Phi) is 6.84. The number of carbonyl (C=O) groups is 3. The Labute approximate surface area is 242 Å². The first-order valence-corrected chi connectivity index (χ1v) is 13.4. The first kappa shape index (κ1) is 28.2. The van der Waals surface area contributed by atoms with Crippen LogP contribution >= 0.6 is 0 Å². The van der Waals surface area contributed by atoms with Gasteiger partial charge >= 0.3 is 12.1 Å². The van der Waals surface area contributed by atoms with E-state index in [1.54, 1.807) is 25.3 Å². The van der Waals surface area contributed by atoms with Crippen molar-refractivity contribution in [2.45, 2.75) is 17.5 Å². The zero-order chi connectivity index (χ0) is 30.5. The monoisotopic (exact) mass is 593 g/mol. The van der Waals surface area contributed by atoms with Gasteiger partial charge in [-0.05, 0) is 42.0 Å². The minimum atomic E-state index is -5.08. The molecule has 0 bridgehead atoms. The Morgan fingerprint density at radius 3 is 2.40 bits per heavy atom. The van der Waals surface area contributed by atoms with Crippen molar-refractivity contribution in [2.75, 3.05) is 43.5 Å². The second-order valence-corrected chi connectivity index (χ2v) is 10.4. The Hall–Kier alpha value is -4.91. The van der Waals surface area contributed by atoms with Gasteiger partial charge in [0.25, 0.3) is 0 Å². The third kappa shape index (κ3) is 4.75. The number of carbonyl (C=O) groups excluding carboxylic acids is 2. The highest BCUT2D eigenvalue weighted by Crippen LogP contribution is 2.62. The summed E-state index contributed by atoms with van der Waals surface area (Å²) >= 11 is 0. The number of anilines is 2. The lowest BCUT2D eigenvalue weighted by atomic mass is 9.91. The Morgan fingerprint density at radius 1 is 1.05 bits per heavy atom. The molecule has 1 aliphatic carbocycles. The van der Waals surface area contributed by atoms with E-state index >= 15 is 0 Å². The van der Waals surface area contributed by atoms with Crippen LogP contribution in [0.5, 0.6) is 5.75 Å².